The topological polar surface area (TPSA) is 75.5 Å². The van der Waals surface area contributed by atoms with E-state index in [1.54, 1.807) is 4.90 Å². The molecule has 114 valence electrons. The van der Waals surface area contributed by atoms with Crippen LogP contribution in [0.15, 0.2) is 12.1 Å². The third kappa shape index (κ3) is 3.26. The average molecular weight is 299 g/mol. The number of likely N-dealkylation sites (tertiary alicyclic amines) is 1. The van der Waals surface area contributed by atoms with Crippen molar-refractivity contribution in [1.29, 1.82) is 0 Å². The molecule has 1 amide bonds. The van der Waals surface area contributed by atoms with Crippen molar-refractivity contribution in [2.45, 2.75) is 25.8 Å². The van der Waals surface area contributed by atoms with Gasteiger partial charge in [0.1, 0.15) is 11.7 Å². The first kappa shape index (κ1) is 15.1. The van der Waals surface area contributed by atoms with Crippen LogP contribution in [-0.2, 0) is 4.79 Å². The molecule has 1 aromatic carbocycles. The number of halogens is 2. The van der Waals surface area contributed by atoms with Gasteiger partial charge in [-0.05, 0) is 19.8 Å². The third-order valence-corrected chi connectivity index (χ3v) is 3.39. The van der Waals surface area contributed by atoms with Gasteiger partial charge in [0.2, 0.25) is 5.91 Å². The minimum Gasteiger partial charge on any atom is -0.369 e. The fourth-order valence-electron chi connectivity index (χ4n) is 2.29. The van der Waals surface area contributed by atoms with E-state index in [4.69, 9.17) is 0 Å². The molecule has 1 unspecified atom stereocenters. The number of non-ortho nitro benzene ring substituents is 1. The summed E-state index contributed by atoms with van der Waals surface area (Å²) in [5.74, 6) is -2.44. The molecular weight excluding hydrogens is 284 g/mol. The van der Waals surface area contributed by atoms with Crippen molar-refractivity contribution in [3.63, 3.8) is 0 Å². The molecule has 0 radical (unpaired) electrons. The highest BCUT2D eigenvalue weighted by Gasteiger charge is 2.25. The zero-order valence-electron chi connectivity index (χ0n) is 11.4. The molecule has 6 nitrogen and oxygen atoms in total. The number of carbonyl (C=O) groups excluding carboxylic acids is 1. The highest BCUT2D eigenvalue weighted by atomic mass is 19.1. The van der Waals surface area contributed by atoms with Crippen molar-refractivity contribution in [2.24, 2.45) is 0 Å². The van der Waals surface area contributed by atoms with Crippen LogP contribution in [-0.4, -0.2) is 34.9 Å². The molecule has 0 bridgehead atoms. The molecule has 1 aromatic rings. The summed E-state index contributed by atoms with van der Waals surface area (Å²) in [6, 6.07) is 0.435. The Morgan fingerprint density at radius 2 is 1.86 bits per heavy atom. The molecule has 0 aliphatic carbocycles. The third-order valence-electron chi connectivity index (χ3n) is 3.39. The minimum atomic E-state index is -1.09. The average Bonchev–Trinajstić information content (AvgIpc) is 2.95. The number of rotatable bonds is 4. The molecular formula is C13H15F2N3O3. The molecule has 1 atom stereocenters. The lowest BCUT2D eigenvalue weighted by molar-refractivity contribution is -0.385. The van der Waals surface area contributed by atoms with Crippen LogP contribution in [0, 0.1) is 21.7 Å². The largest absolute Gasteiger partial charge is 0.369 e. The monoisotopic (exact) mass is 299 g/mol. The Kier molecular flexibility index (Phi) is 4.35. The SMILES string of the molecule is CC(Nc1c(F)cc([N+](=O)[O-])cc1F)C(=O)N1CCCC1. The van der Waals surface area contributed by atoms with Gasteiger partial charge in [-0.1, -0.05) is 0 Å². The van der Waals surface area contributed by atoms with E-state index in [0.29, 0.717) is 25.2 Å². The zero-order valence-corrected chi connectivity index (χ0v) is 11.4. The van der Waals surface area contributed by atoms with Gasteiger partial charge >= 0.3 is 0 Å². The van der Waals surface area contributed by atoms with Gasteiger partial charge in [-0.25, -0.2) is 8.78 Å². The number of nitrogens with one attached hydrogen (secondary N) is 1. The Morgan fingerprint density at radius 3 is 2.33 bits per heavy atom. The molecule has 0 spiro atoms. The van der Waals surface area contributed by atoms with Crippen LogP contribution in [0.5, 0.6) is 0 Å². The normalized spacial score (nSPS) is 15.9. The van der Waals surface area contributed by atoms with Gasteiger partial charge < -0.3 is 10.2 Å². The lowest BCUT2D eigenvalue weighted by Crippen LogP contribution is -2.40. The zero-order chi connectivity index (χ0) is 15.6. The van der Waals surface area contributed by atoms with Gasteiger partial charge in [0.15, 0.2) is 11.6 Å². The van der Waals surface area contributed by atoms with Gasteiger partial charge in [0.25, 0.3) is 5.69 Å². The summed E-state index contributed by atoms with van der Waals surface area (Å²) in [6.45, 7) is 2.77. The van der Waals surface area contributed by atoms with Crippen molar-refractivity contribution in [2.75, 3.05) is 18.4 Å². The second-order valence-electron chi connectivity index (χ2n) is 4.94. The second kappa shape index (κ2) is 6.02. The molecule has 0 saturated carbocycles. The van der Waals surface area contributed by atoms with Gasteiger partial charge in [-0.15, -0.1) is 0 Å². The first-order valence-electron chi connectivity index (χ1n) is 6.59. The van der Waals surface area contributed by atoms with Crippen molar-refractivity contribution >= 4 is 17.3 Å². The van der Waals surface area contributed by atoms with E-state index >= 15 is 0 Å². The molecule has 1 heterocycles. The van der Waals surface area contributed by atoms with Crippen LogP contribution in [0.3, 0.4) is 0 Å². The number of amides is 1. The van der Waals surface area contributed by atoms with Crippen LogP contribution in [0.1, 0.15) is 19.8 Å². The number of hydrogen-bond acceptors (Lipinski definition) is 4. The molecule has 21 heavy (non-hydrogen) atoms. The van der Waals surface area contributed by atoms with Crippen molar-refractivity contribution in [1.82, 2.24) is 4.90 Å². The summed E-state index contributed by atoms with van der Waals surface area (Å²) in [7, 11) is 0. The van der Waals surface area contributed by atoms with Crippen LogP contribution in [0.25, 0.3) is 0 Å². The molecule has 1 aliphatic heterocycles. The van der Waals surface area contributed by atoms with Crippen molar-refractivity contribution in [3.8, 4) is 0 Å². The molecule has 0 aromatic heterocycles. The first-order valence-corrected chi connectivity index (χ1v) is 6.59. The van der Waals surface area contributed by atoms with Gasteiger partial charge in [-0.3, -0.25) is 14.9 Å². The minimum absolute atomic E-state index is 0.246. The Balaban J connectivity index is 2.15. The summed E-state index contributed by atoms with van der Waals surface area (Å²) < 4.78 is 27.5. The fraction of sp³-hybridized carbons (Fsp3) is 0.462. The molecule has 2 rings (SSSR count). The number of nitrogens with zero attached hydrogens (tertiary/aromatic N) is 2. The molecule has 1 saturated heterocycles. The molecule has 1 fully saturated rings. The van der Waals surface area contributed by atoms with E-state index in [0.717, 1.165) is 12.8 Å². The number of nitro groups is 1. The highest BCUT2D eigenvalue weighted by molar-refractivity contribution is 5.84. The first-order chi connectivity index (χ1) is 9.90. The quantitative estimate of drug-likeness (QED) is 0.683. The lowest BCUT2D eigenvalue weighted by atomic mass is 10.2. The van der Waals surface area contributed by atoms with Gasteiger partial charge in [0, 0.05) is 13.1 Å². The van der Waals surface area contributed by atoms with Crippen LogP contribution in [0.2, 0.25) is 0 Å². The number of anilines is 1. The molecule has 8 heteroatoms. The van der Waals surface area contributed by atoms with Crippen molar-refractivity contribution in [3.05, 3.63) is 33.9 Å². The maximum atomic E-state index is 13.7. The number of hydrogen-bond donors (Lipinski definition) is 1. The van der Waals surface area contributed by atoms with E-state index in [1.807, 2.05) is 0 Å². The van der Waals surface area contributed by atoms with E-state index < -0.39 is 34.0 Å². The van der Waals surface area contributed by atoms with E-state index in [9.17, 15) is 23.7 Å². The van der Waals surface area contributed by atoms with Gasteiger partial charge in [-0.2, -0.15) is 0 Å². The smallest absolute Gasteiger partial charge is 0.275 e. The number of benzene rings is 1. The Hall–Kier alpha value is -2.25. The van der Waals surface area contributed by atoms with E-state index in [1.165, 1.54) is 6.92 Å². The predicted molar refractivity (Wildman–Crippen MR) is 71.9 cm³/mol. The maximum Gasteiger partial charge on any atom is 0.275 e. The number of nitro benzene ring substituents is 1. The van der Waals surface area contributed by atoms with Crippen LogP contribution in [0.4, 0.5) is 20.2 Å². The van der Waals surface area contributed by atoms with Crippen LogP contribution < -0.4 is 5.32 Å². The fourth-order valence-corrected chi connectivity index (χ4v) is 2.29. The Bertz CT molecular complexity index is 551. The van der Waals surface area contributed by atoms with E-state index in [-0.39, 0.29) is 5.91 Å². The van der Waals surface area contributed by atoms with Crippen molar-refractivity contribution < 1.29 is 18.5 Å². The Labute approximate surface area is 119 Å². The summed E-state index contributed by atoms with van der Waals surface area (Å²) in [5.41, 5.74) is -1.20. The Morgan fingerprint density at radius 1 is 1.33 bits per heavy atom. The summed E-state index contributed by atoms with van der Waals surface area (Å²) in [4.78, 5) is 23.3. The maximum absolute atomic E-state index is 13.7. The standard InChI is InChI=1S/C13H15F2N3O3/c1-8(13(19)17-4-2-3-5-17)16-12-10(14)6-9(18(20)21)7-11(12)15/h6-8,16H,2-5H2,1H3. The number of carbonyl (C=O) groups is 1. The second-order valence-corrected chi connectivity index (χ2v) is 4.94. The van der Waals surface area contributed by atoms with Crippen LogP contribution >= 0.6 is 0 Å². The van der Waals surface area contributed by atoms with E-state index in [2.05, 4.69) is 5.32 Å². The predicted octanol–water partition coefficient (Wildman–Crippen LogP) is 2.30. The molecule has 1 aliphatic rings. The summed E-state index contributed by atoms with van der Waals surface area (Å²) in [5, 5.41) is 13.0. The highest BCUT2D eigenvalue weighted by Crippen LogP contribution is 2.25. The summed E-state index contributed by atoms with van der Waals surface area (Å²) >= 11 is 0. The summed E-state index contributed by atoms with van der Waals surface area (Å²) in [6.07, 6.45) is 1.83. The lowest BCUT2D eigenvalue weighted by Gasteiger charge is -2.22. The molecule has 1 N–H and O–H groups in total. The van der Waals surface area contributed by atoms with Gasteiger partial charge in [0.05, 0.1) is 17.1 Å².